The zero-order valence-electron chi connectivity index (χ0n) is 52.1. The molecular formula is C69H123N2O7P. The summed E-state index contributed by atoms with van der Waals surface area (Å²) in [6.07, 6.45) is 78.0. The Labute approximate surface area is 488 Å². The number of carbonyl (C=O) groups is 2. The third-order valence-electron chi connectivity index (χ3n) is 14.0. The Bertz CT molecular complexity index is 1670. The molecule has 3 unspecified atom stereocenters. The molecule has 0 aromatic heterocycles. The molecule has 0 spiro atoms. The number of carbonyl (C=O) groups excluding carboxylic acids is 2. The van der Waals surface area contributed by atoms with Crippen molar-refractivity contribution < 1.29 is 37.3 Å². The zero-order valence-corrected chi connectivity index (χ0v) is 52.9. The van der Waals surface area contributed by atoms with Crippen LogP contribution < -0.4 is 10.2 Å². The largest absolute Gasteiger partial charge is 0.756 e. The van der Waals surface area contributed by atoms with Crippen LogP contribution in [0, 0.1) is 0 Å². The summed E-state index contributed by atoms with van der Waals surface area (Å²) < 4.78 is 30.3. The smallest absolute Gasteiger partial charge is 0.306 e. The van der Waals surface area contributed by atoms with Gasteiger partial charge in [-0.2, -0.15) is 0 Å². The third kappa shape index (κ3) is 59.4. The van der Waals surface area contributed by atoms with E-state index in [1.807, 2.05) is 33.3 Å². The molecule has 0 saturated heterocycles. The van der Waals surface area contributed by atoms with Gasteiger partial charge in [-0.25, -0.2) is 0 Å². The molecule has 79 heavy (non-hydrogen) atoms. The van der Waals surface area contributed by atoms with Crippen LogP contribution in [-0.4, -0.2) is 69.4 Å². The first-order valence-electron chi connectivity index (χ1n) is 32.5. The molecule has 0 heterocycles. The summed E-state index contributed by atoms with van der Waals surface area (Å²) in [4.78, 5) is 40.0. The van der Waals surface area contributed by atoms with Gasteiger partial charge in [-0.15, -0.1) is 0 Å². The van der Waals surface area contributed by atoms with Crippen LogP contribution in [-0.2, 0) is 27.9 Å². The van der Waals surface area contributed by atoms with Gasteiger partial charge in [0, 0.05) is 12.8 Å². The number of unbranched alkanes of at least 4 members (excludes halogenated alkanes) is 28. The van der Waals surface area contributed by atoms with E-state index >= 15 is 0 Å². The van der Waals surface area contributed by atoms with Crippen LogP contribution in [0.4, 0.5) is 0 Å². The number of allylic oxidation sites excluding steroid dienone is 15. The van der Waals surface area contributed by atoms with Crippen LogP contribution in [0.25, 0.3) is 0 Å². The van der Waals surface area contributed by atoms with Crippen molar-refractivity contribution in [2.45, 2.75) is 290 Å². The number of hydrogen-bond acceptors (Lipinski definition) is 7. The SMILES string of the molecule is CC/C=C\C/C=C\C/C=C\C/C=C\C/C=C\CCCCCCCC(=O)OC(/C=C/CCCCCCCCCCC)C(COP(=O)([O-])OCC[N+](C)(C)C)NC(=O)CCCCCCCCCCCCC/C=C\C/C=C\CCCCC. The van der Waals surface area contributed by atoms with Crippen molar-refractivity contribution in [3.8, 4) is 0 Å². The van der Waals surface area contributed by atoms with E-state index in [4.69, 9.17) is 13.8 Å². The van der Waals surface area contributed by atoms with E-state index in [0.717, 1.165) is 116 Å². The number of nitrogens with one attached hydrogen (secondary N) is 1. The minimum atomic E-state index is -4.71. The van der Waals surface area contributed by atoms with E-state index in [1.54, 1.807) is 0 Å². The first-order valence-corrected chi connectivity index (χ1v) is 34.0. The normalized spacial score (nSPS) is 14.3. The van der Waals surface area contributed by atoms with Gasteiger partial charge in [-0.3, -0.25) is 14.2 Å². The minimum Gasteiger partial charge on any atom is -0.756 e. The van der Waals surface area contributed by atoms with Gasteiger partial charge < -0.3 is 28.5 Å². The number of ether oxygens (including phenoxy) is 1. The van der Waals surface area contributed by atoms with E-state index in [1.165, 1.54) is 122 Å². The second kappa shape index (κ2) is 58.1. The van der Waals surface area contributed by atoms with E-state index in [0.29, 0.717) is 23.9 Å². The summed E-state index contributed by atoms with van der Waals surface area (Å²) in [6, 6.07) is -0.903. The molecule has 0 fully saturated rings. The first kappa shape index (κ1) is 75.9. The summed E-state index contributed by atoms with van der Waals surface area (Å²) in [5, 5.41) is 3.03. The van der Waals surface area contributed by atoms with Crippen molar-refractivity contribution in [3.63, 3.8) is 0 Å². The molecule has 1 amide bonds. The van der Waals surface area contributed by atoms with E-state index in [9.17, 15) is 19.0 Å². The molecular weight excluding hydrogens is 1000 g/mol. The van der Waals surface area contributed by atoms with Crippen LogP contribution in [0.15, 0.2) is 97.2 Å². The predicted octanol–water partition coefficient (Wildman–Crippen LogP) is 19.7. The molecule has 0 aliphatic carbocycles. The number of rotatable bonds is 58. The highest BCUT2D eigenvalue weighted by atomic mass is 31.2. The van der Waals surface area contributed by atoms with Gasteiger partial charge in [-0.1, -0.05) is 253 Å². The summed E-state index contributed by atoms with van der Waals surface area (Å²) in [6.45, 7) is 6.69. The number of amides is 1. The highest BCUT2D eigenvalue weighted by Crippen LogP contribution is 2.38. The summed E-state index contributed by atoms with van der Waals surface area (Å²) in [5.74, 6) is -0.566. The molecule has 0 saturated carbocycles. The summed E-state index contributed by atoms with van der Waals surface area (Å²) in [5.41, 5.74) is 0. The molecule has 0 rings (SSSR count). The Balaban J connectivity index is 5.19. The predicted molar refractivity (Wildman–Crippen MR) is 339 cm³/mol. The molecule has 10 heteroatoms. The Kier molecular flexibility index (Phi) is 55.9. The van der Waals surface area contributed by atoms with Crippen molar-refractivity contribution >= 4 is 19.7 Å². The van der Waals surface area contributed by atoms with Crippen molar-refractivity contribution in [3.05, 3.63) is 97.2 Å². The molecule has 456 valence electrons. The number of quaternary nitrogens is 1. The maximum atomic E-state index is 13.6. The Morgan fingerprint density at radius 2 is 0.810 bits per heavy atom. The van der Waals surface area contributed by atoms with Crippen molar-refractivity contribution in [2.75, 3.05) is 40.9 Å². The molecule has 0 aromatic carbocycles. The number of nitrogens with zero attached hydrogens (tertiary/aromatic N) is 1. The topological polar surface area (TPSA) is 114 Å². The lowest BCUT2D eigenvalue weighted by atomic mass is 10.0. The number of likely N-dealkylation sites (N-methyl/N-ethyl adjacent to an activating group) is 1. The second-order valence-electron chi connectivity index (χ2n) is 22.9. The lowest BCUT2D eigenvalue weighted by Gasteiger charge is -2.30. The van der Waals surface area contributed by atoms with Gasteiger partial charge in [0.2, 0.25) is 5.91 Å². The fourth-order valence-corrected chi connectivity index (χ4v) is 9.71. The van der Waals surface area contributed by atoms with Crippen molar-refractivity contribution in [1.82, 2.24) is 5.32 Å². The fraction of sp³-hybridized carbons (Fsp3) is 0.739. The highest BCUT2D eigenvalue weighted by molar-refractivity contribution is 7.45. The Morgan fingerprint density at radius 1 is 0.456 bits per heavy atom. The maximum absolute atomic E-state index is 13.6. The molecule has 0 aliphatic rings. The molecule has 0 bridgehead atoms. The average Bonchev–Trinajstić information content (AvgIpc) is 3.41. The van der Waals surface area contributed by atoms with E-state index < -0.39 is 26.6 Å². The van der Waals surface area contributed by atoms with Crippen LogP contribution in [0.3, 0.4) is 0 Å². The van der Waals surface area contributed by atoms with Gasteiger partial charge in [0.1, 0.15) is 19.3 Å². The maximum Gasteiger partial charge on any atom is 0.306 e. The molecule has 0 aromatic rings. The molecule has 9 nitrogen and oxygen atoms in total. The number of esters is 1. The van der Waals surface area contributed by atoms with Gasteiger partial charge in [0.25, 0.3) is 7.82 Å². The third-order valence-corrected chi connectivity index (χ3v) is 15.0. The Hall–Kier alpha value is -3.07. The lowest BCUT2D eigenvalue weighted by Crippen LogP contribution is -2.47. The lowest BCUT2D eigenvalue weighted by molar-refractivity contribution is -0.870. The van der Waals surface area contributed by atoms with Crippen LogP contribution in [0.1, 0.15) is 278 Å². The average molecular weight is 1120 g/mol. The fourth-order valence-electron chi connectivity index (χ4n) is 8.99. The quantitative estimate of drug-likeness (QED) is 0.0212. The zero-order chi connectivity index (χ0) is 57.9. The van der Waals surface area contributed by atoms with Crippen molar-refractivity contribution in [1.29, 1.82) is 0 Å². The van der Waals surface area contributed by atoms with E-state index in [-0.39, 0.29) is 24.9 Å². The van der Waals surface area contributed by atoms with Crippen LogP contribution in [0.5, 0.6) is 0 Å². The van der Waals surface area contributed by atoms with Gasteiger partial charge in [0.05, 0.1) is 33.8 Å². The number of phosphoric acid groups is 1. The monoisotopic (exact) mass is 1120 g/mol. The number of phosphoric ester groups is 1. The molecule has 3 atom stereocenters. The Morgan fingerprint density at radius 3 is 1.24 bits per heavy atom. The van der Waals surface area contributed by atoms with Gasteiger partial charge >= 0.3 is 5.97 Å². The van der Waals surface area contributed by atoms with Crippen molar-refractivity contribution in [2.24, 2.45) is 0 Å². The molecule has 0 radical (unpaired) electrons. The van der Waals surface area contributed by atoms with Gasteiger partial charge in [0.15, 0.2) is 0 Å². The second-order valence-corrected chi connectivity index (χ2v) is 24.3. The highest BCUT2D eigenvalue weighted by Gasteiger charge is 2.27. The standard InChI is InChI=1S/C69H123N2O7P/c1-7-10-13-16-19-22-25-27-29-31-33-35-37-39-41-43-46-49-52-55-58-61-68(72)70-66(65-77-79(74,75)76-64-63-71(4,5)6)67(60-57-54-51-48-45-24-21-18-15-12-9-3)78-69(73)62-59-56-53-50-47-44-42-40-38-36-34-32-30-28-26-23-20-17-14-11-8-2/h11,14,19-20,22-23,27-30,34,36,40,42,57,60,66-67H,7-10,12-13,15-18,21,24-26,31-33,35,37-39,41,43-56,58-59,61-65H2,1-6H3,(H-,70,72,74,75)/b14-11-,22-19-,23-20-,29-27-,30-28-,36-34-,42-40-,60-57+. The molecule has 0 aliphatic heterocycles. The summed E-state index contributed by atoms with van der Waals surface area (Å²) in [7, 11) is 1.16. The van der Waals surface area contributed by atoms with Crippen LogP contribution in [0.2, 0.25) is 0 Å². The first-order chi connectivity index (χ1) is 38.4. The number of hydrogen-bond donors (Lipinski definition) is 1. The minimum absolute atomic E-state index is 0.0301. The van der Waals surface area contributed by atoms with E-state index in [2.05, 4.69) is 111 Å². The van der Waals surface area contributed by atoms with Crippen LogP contribution >= 0.6 is 7.82 Å². The summed E-state index contributed by atoms with van der Waals surface area (Å²) >= 11 is 0. The van der Waals surface area contributed by atoms with Gasteiger partial charge in [-0.05, 0) is 109 Å². The molecule has 1 N–H and O–H groups in total.